The van der Waals surface area contributed by atoms with E-state index in [9.17, 15) is 0 Å². The number of ether oxygens (including phenoxy) is 1. The van der Waals surface area contributed by atoms with Crippen molar-refractivity contribution in [2.24, 2.45) is 0 Å². The summed E-state index contributed by atoms with van der Waals surface area (Å²) in [5.74, 6) is -0.00535. The largest absolute Gasteiger partial charge is 0.494 e. The van der Waals surface area contributed by atoms with Gasteiger partial charge in [-0.3, -0.25) is 0 Å². The molecule has 2 N–H and O–H groups in total. The van der Waals surface area contributed by atoms with Gasteiger partial charge in [0.15, 0.2) is 0 Å². The van der Waals surface area contributed by atoms with Gasteiger partial charge in [-0.15, -0.1) is 0 Å². The van der Waals surface area contributed by atoms with E-state index in [1.807, 2.05) is 0 Å². The minimum Gasteiger partial charge on any atom is -0.494 e. The summed E-state index contributed by atoms with van der Waals surface area (Å²) in [4.78, 5) is 0. The van der Waals surface area contributed by atoms with Crippen molar-refractivity contribution in [2.75, 3.05) is 6.61 Å². The Balaban J connectivity index is 3.35. The van der Waals surface area contributed by atoms with E-state index in [4.69, 9.17) is 21.6 Å². The third-order valence-electron chi connectivity index (χ3n) is 1.74. The highest BCUT2D eigenvalue weighted by molar-refractivity contribution is 6.58. The molecule has 0 unspecified atom stereocenters. The fourth-order valence-electron chi connectivity index (χ4n) is 1.08. The maximum atomic E-state index is 9.07. The summed E-state index contributed by atoms with van der Waals surface area (Å²) in [6.45, 7) is -0.982. The van der Waals surface area contributed by atoms with Crippen LogP contribution in [0.2, 0.25) is 0 Å². The van der Waals surface area contributed by atoms with E-state index >= 15 is 0 Å². The molecule has 14 heavy (non-hydrogen) atoms. The Bertz CT molecular complexity index is 447. The van der Waals surface area contributed by atoms with E-state index in [1.165, 1.54) is 18.2 Å². The van der Waals surface area contributed by atoms with E-state index in [0.29, 0.717) is 0 Å². The van der Waals surface area contributed by atoms with Crippen molar-refractivity contribution in [3.05, 3.63) is 23.8 Å². The first-order valence-corrected chi connectivity index (χ1v) is 4.24. The molecular formula is C10H15BO3. The van der Waals surface area contributed by atoms with Gasteiger partial charge in [-0.2, -0.15) is 0 Å². The number of aryl methyl sites for hydroxylation is 1. The van der Waals surface area contributed by atoms with Gasteiger partial charge < -0.3 is 14.8 Å². The fourth-order valence-corrected chi connectivity index (χ4v) is 1.08. The van der Waals surface area contributed by atoms with Crippen molar-refractivity contribution in [2.45, 2.75) is 20.1 Å². The lowest BCUT2D eigenvalue weighted by Gasteiger charge is -2.10. The number of benzene rings is 1. The van der Waals surface area contributed by atoms with Crippen LogP contribution in [0.5, 0.6) is 5.75 Å². The predicted molar refractivity (Wildman–Crippen MR) is 56.8 cm³/mol. The summed E-state index contributed by atoms with van der Waals surface area (Å²) in [6.07, 6.45) is -2.59. The fraction of sp³-hybridized carbons (Fsp3) is 0.400. The van der Waals surface area contributed by atoms with Crippen LogP contribution in [0.15, 0.2) is 18.2 Å². The van der Waals surface area contributed by atoms with Gasteiger partial charge in [0.2, 0.25) is 0 Å². The minimum absolute atomic E-state index is 0.00535. The van der Waals surface area contributed by atoms with Crippen LogP contribution in [0.25, 0.3) is 0 Å². The maximum absolute atomic E-state index is 9.07. The van der Waals surface area contributed by atoms with Crippen molar-refractivity contribution in [3.8, 4) is 5.75 Å². The van der Waals surface area contributed by atoms with Gasteiger partial charge in [-0.1, -0.05) is 19.0 Å². The Hall–Kier alpha value is -0.995. The van der Waals surface area contributed by atoms with Gasteiger partial charge in [0, 0.05) is 6.85 Å². The van der Waals surface area contributed by atoms with Crippen molar-refractivity contribution in [1.29, 1.82) is 0 Å². The van der Waals surface area contributed by atoms with Crippen LogP contribution in [0, 0.1) is 0 Å². The van der Waals surface area contributed by atoms with E-state index in [1.54, 1.807) is 6.92 Å². The third-order valence-corrected chi connectivity index (χ3v) is 1.74. The Morgan fingerprint density at radius 2 is 2.36 bits per heavy atom. The molecule has 1 aromatic carbocycles. The third kappa shape index (κ3) is 2.50. The molecule has 0 aliphatic heterocycles. The Kier molecular flexibility index (Phi) is 2.08. The average Bonchev–Trinajstić information content (AvgIpc) is 2.27. The second kappa shape index (κ2) is 5.03. The molecule has 3 nitrogen and oxygen atoms in total. The number of hydrogen-bond acceptors (Lipinski definition) is 3. The van der Waals surface area contributed by atoms with Gasteiger partial charge in [-0.25, -0.2) is 0 Å². The molecule has 0 aliphatic carbocycles. The van der Waals surface area contributed by atoms with Crippen LogP contribution >= 0.6 is 0 Å². The van der Waals surface area contributed by atoms with E-state index in [0.717, 1.165) is 0 Å². The summed E-state index contributed by atoms with van der Waals surface area (Å²) in [6, 6.07) is 3.69. The van der Waals surface area contributed by atoms with Gasteiger partial charge in [0.1, 0.15) is 5.75 Å². The highest BCUT2D eigenvalue weighted by Gasteiger charge is 2.13. The molecule has 0 saturated heterocycles. The summed E-state index contributed by atoms with van der Waals surface area (Å²) in [5.41, 5.74) is -0.0349. The SMILES string of the molecule is [2H]C([2H])([2H])C([2H])([2H])c1ccc(B(O)O)cc1OCC. The maximum Gasteiger partial charge on any atom is 0.488 e. The molecule has 0 aromatic heterocycles. The molecule has 0 atom stereocenters. The number of rotatable bonds is 4. The van der Waals surface area contributed by atoms with Crippen molar-refractivity contribution < 1.29 is 21.6 Å². The molecule has 0 heterocycles. The molecule has 0 saturated carbocycles. The smallest absolute Gasteiger partial charge is 0.488 e. The Labute approximate surface area is 91.5 Å². The standard InChI is InChI=1S/C10H15BO3/c1-3-8-5-6-9(11(12)13)7-10(8)14-4-2/h5-7,12-13H,3-4H2,1-2H3/i1D3,3D2. The minimum atomic E-state index is -2.85. The predicted octanol–water partition coefficient (Wildman–Crippen LogP) is 0.327. The lowest BCUT2D eigenvalue weighted by molar-refractivity contribution is 0.336. The Morgan fingerprint density at radius 3 is 2.93 bits per heavy atom. The van der Waals surface area contributed by atoms with Crippen LogP contribution in [0.3, 0.4) is 0 Å². The van der Waals surface area contributed by atoms with Crippen LogP contribution in [-0.2, 0) is 6.37 Å². The first kappa shape index (κ1) is 5.78. The highest BCUT2D eigenvalue weighted by atomic mass is 16.5. The second-order valence-electron chi connectivity index (χ2n) is 2.69. The molecule has 0 amide bonds. The van der Waals surface area contributed by atoms with Crippen LogP contribution < -0.4 is 10.2 Å². The first-order chi connectivity index (χ1) is 8.61. The molecule has 0 radical (unpaired) electrons. The molecule has 0 aliphatic rings. The zero-order chi connectivity index (χ0) is 14.8. The molecule has 0 bridgehead atoms. The summed E-state index contributed by atoms with van der Waals surface area (Å²) in [7, 11) is -1.73. The topological polar surface area (TPSA) is 49.7 Å². The quantitative estimate of drug-likeness (QED) is 0.687. The zero-order valence-corrected chi connectivity index (χ0v) is 7.82. The van der Waals surface area contributed by atoms with Crippen molar-refractivity contribution >= 4 is 12.6 Å². The van der Waals surface area contributed by atoms with Gasteiger partial charge in [0.25, 0.3) is 0 Å². The molecule has 1 aromatic rings. The molecule has 76 valence electrons. The first-order valence-electron chi connectivity index (χ1n) is 6.74. The molecule has 0 spiro atoms. The summed E-state index contributed by atoms with van der Waals surface area (Å²) in [5, 5.41) is 18.1. The van der Waals surface area contributed by atoms with Gasteiger partial charge >= 0.3 is 7.12 Å². The van der Waals surface area contributed by atoms with Crippen LogP contribution in [-0.4, -0.2) is 23.8 Å². The Morgan fingerprint density at radius 1 is 1.57 bits per heavy atom. The number of hydrogen-bond donors (Lipinski definition) is 2. The average molecular weight is 199 g/mol. The molecule has 0 fully saturated rings. The summed E-state index contributed by atoms with van der Waals surface area (Å²) < 4.78 is 42.4. The van der Waals surface area contributed by atoms with Gasteiger partial charge in [-0.05, 0) is 30.4 Å². The van der Waals surface area contributed by atoms with Gasteiger partial charge in [0.05, 0.1) is 6.61 Å². The highest BCUT2D eigenvalue weighted by Crippen LogP contribution is 2.17. The normalized spacial score (nSPS) is 17.2. The monoisotopic (exact) mass is 199 g/mol. The van der Waals surface area contributed by atoms with E-state index < -0.39 is 20.3 Å². The second-order valence-corrected chi connectivity index (χ2v) is 2.69. The van der Waals surface area contributed by atoms with E-state index in [-0.39, 0.29) is 23.4 Å². The van der Waals surface area contributed by atoms with E-state index in [2.05, 4.69) is 0 Å². The summed E-state index contributed by atoms with van der Waals surface area (Å²) >= 11 is 0. The lowest BCUT2D eigenvalue weighted by Crippen LogP contribution is -2.29. The van der Waals surface area contributed by atoms with Crippen molar-refractivity contribution in [1.82, 2.24) is 0 Å². The van der Waals surface area contributed by atoms with Crippen LogP contribution in [0.4, 0.5) is 0 Å². The van der Waals surface area contributed by atoms with Crippen molar-refractivity contribution in [3.63, 3.8) is 0 Å². The molecular weight excluding hydrogens is 179 g/mol. The van der Waals surface area contributed by atoms with Crippen LogP contribution in [0.1, 0.15) is 26.2 Å². The zero-order valence-electron chi connectivity index (χ0n) is 12.8. The lowest BCUT2D eigenvalue weighted by atomic mass is 9.79. The molecule has 4 heteroatoms. The molecule has 1 rings (SSSR count).